The largest absolute Gasteiger partial charge is 0.299 e. The number of halogens is 1. The van der Waals surface area contributed by atoms with Crippen LogP contribution in [0, 0.1) is 12.8 Å². The van der Waals surface area contributed by atoms with Crippen LogP contribution in [-0.4, -0.2) is 43.8 Å². The van der Waals surface area contributed by atoms with Crippen molar-refractivity contribution in [1.82, 2.24) is 8.61 Å². The first-order valence-electron chi connectivity index (χ1n) is 14.1. The molecule has 0 bridgehead atoms. The fourth-order valence-electron chi connectivity index (χ4n) is 6.36. The SMILES string of the molecule is Cc1ccc(S(=O)(=O)N2[C@H](c3ccccc3)CC(=O)[C@@H]3CN(S(=O)(=O)c4ccccc4Cl)[C@H](c4ccccc4)C[C@@H]32)cc1. The number of carbonyl (C=O) groups is 1. The Hall–Kier alpha value is -3.34. The standard InChI is InChI=1S/C33H31ClN2O5S2/c1-23-16-18-26(19-17-23)42(38,39)36-30(25-12-6-3-7-13-25)21-32(37)27-22-35(43(40,41)33-15-9-8-14-28(33)34)29(20-31(27)36)24-10-4-2-5-11-24/h2-19,27,29-31H,20-22H2,1H3/t27-,29+,30+,31+/m1/s1. The van der Waals surface area contributed by atoms with Gasteiger partial charge in [-0.25, -0.2) is 16.8 Å². The third-order valence-corrected chi connectivity index (χ3v) is 12.8. The normalized spacial score (nSPS) is 23.5. The molecule has 0 unspecified atom stereocenters. The van der Waals surface area contributed by atoms with E-state index in [9.17, 15) is 21.6 Å². The summed E-state index contributed by atoms with van der Waals surface area (Å²) in [5.74, 6) is -1.03. The van der Waals surface area contributed by atoms with Crippen molar-refractivity contribution in [3.63, 3.8) is 0 Å². The van der Waals surface area contributed by atoms with Crippen LogP contribution in [-0.2, 0) is 24.8 Å². The van der Waals surface area contributed by atoms with Gasteiger partial charge in [-0.2, -0.15) is 8.61 Å². The molecule has 0 aromatic heterocycles. The van der Waals surface area contributed by atoms with Gasteiger partial charge in [0.2, 0.25) is 20.0 Å². The van der Waals surface area contributed by atoms with E-state index >= 15 is 0 Å². The number of nitrogens with zero attached hydrogens (tertiary/aromatic N) is 2. The Labute approximate surface area is 257 Å². The van der Waals surface area contributed by atoms with Crippen molar-refractivity contribution in [1.29, 1.82) is 0 Å². The summed E-state index contributed by atoms with van der Waals surface area (Å²) in [6, 6.07) is 29.0. The first kappa shape index (κ1) is 29.7. The Balaban J connectivity index is 1.51. The van der Waals surface area contributed by atoms with Crippen molar-refractivity contribution < 1.29 is 21.6 Å². The zero-order valence-corrected chi connectivity index (χ0v) is 25.8. The van der Waals surface area contributed by atoms with Crippen LogP contribution in [0.2, 0.25) is 5.02 Å². The first-order chi connectivity index (χ1) is 20.6. The quantitative estimate of drug-likeness (QED) is 0.253. The van der Waals surface area contributed by atoms with Crippen LogP contribution >= 0.6 is 11.6 Å². The maximum absolute atomic E-state index is 14.5. The van der Waals surface area contributed by atoms with Gasteiger partial charge >= 0.3 is 0 Å². The van der Waals surface area contributed by atoms with E-state index in [0.717, 1.165) is 5.56 Å². The van der Waals surface area contributed by atoms with E-state index in [0.29, 0.717) is 11.1 Å². The third-order valence-electron chi connectivity index (χ3n) is 8.48. The first-order valence-corrected chi connectivity index (χ1v) is 17.3. The van der Waals surface area contributed by atoms with Gasteiger partial charge in [0.25, 0.3) is 0 Å². The molecule has 0 aliphatic carbocycles. The molecule has 4 aromatic rings. The summed E-state index contributed by atoms with van der Waals surface area (Å²) in [5.41, 5.74) is 2.35. The Morgan fingerprint density at radius 2 is 1.26 bits per heavy atom. The second-order valence-electron chi connectivity index (χ2n) is 11.1. The number of carbonyl (C=O) groups excluding carboxylic acids is 1. The minimum absolute atomic E-state index is 0.0504. The summed E-state index contributed by atoms with van der Waals surface area (Å²) < 4.78 is 60.2. The monoisotopic (exact) mass is 634 g/mol. The zero-order valence-electron chi connectivity index (χ0n) is 23.5. The number of hydrogen-bond acceptors (Lipinski definition) is 5. The maximum atomic E-state index is 14.5. The minimum Gasteiger partial charge on any atom is -0.299 e. The second kappa shape index (κ2) is 11.6. The molecule has 43 heavy (non-hydrogen) atoms. The van der Waals surface area contributed by atoms with Crippen LogP contribution in [0.15, 0.2) is 119 Å². The molecule has 2 saturated heterocycles. The lowest BCUT2D eigenvalue weighted by Crippen LogP contribution is -2.60. The van der Waals surface area contributed by atoms with Gasteiger partial charge in [-0.15, -0.1) is 0 Å². The zero-order chi connectivity index (χ0) is 30.4. The summed E-state index contributed by atoms with van der Waals surface area (Å²) in [6.07, 6.45) is 0.0325. The van der Waals surface area contributed by atoms with Gasteiger partial charge < -0.3 is 0 Å². The highest BCUT2D eigenvalue weighted by Gasteiger charge is 2.54. The Kier molecular flexibility index (Phi) is 8.04. The van der Waals surface area contributed by atoms with E-state index in [1.807, 2.05) is 67.6 Å². The van der Waals surface area contributed by atoms with Crippen molar-refractivity contribution >= 4 is 37.4 Å². The average molecular weight is 635 g/mol. The summed E-state index contributed by atoms with van der Waals surface area (Å²) in [4.78, 5) is 14.0. The van der Waals surface area contributed by atoms with Crippen molar-refractivity contribution in [2.45, 2.75) is 47.7 Å². The number of hydrogen-bond donors (Lipinski definition) is 0. The minimum atomic E-state index is -4.16. The third kappa shape index (κ3) is 5.45. The van der Waals surface area contributed by atoms with Gasteiger partial charge in [0, 0.05) is 24.9 Å². The van der Waals surface area contributed by atoms with E-state index in [2.05, 4.69) is 0 Å². The van der Waals surface area contributed by atoms with Crippen LogP contribution < -0.4 is 0 Å². The molecule has 6 rings (SSSR count). The number of sulfonamides is 2. The summed E-state index contributed by atoms with van der Waals surface area (Å²) >= 11 is 6.38. The molecule has 0 amide bonds. The highest BCUT2D eigenvalue weighted by Crippen LogP contribution is 2.48. The summed E-state index contributed by atoms with van der Waals surface area (Å²) in [7, 11) is -8.25. The maximum Gasteiger partial charge on any atom is 0.245 e. The van der Waals surface area contributed by atoms with Gasteiger partial charge in [0.1, 0.15) is 10.7 Å². The highest BCUT2D eigenvalue weighted by atomic mass is 35.5. The molecule has 2 heterocycles. The van der Waals surface area contributed by atoms with Gasteiger partial charge in [-0.05, 0) is 48.7 Å². The Morgan fingerprint density at radius 3 is 1.86 bits per heavy atom. The molecule has 2 aliphatic heterocycles. The van der Waals surface area contributed by atoms with Crippen LogP contribution in [0.1, 0.15) is 41.6 Å². The number of piperidine rings is 2. The van der Waals surface area contributed by atoms with Gasteiger partial charge in [0.05, 0.1) is 22.0 Å². The van der Waals surface area contributed by atoms with E-state index in [4.69, 9.17) is 11.6 Å². The fraction of sp³-hybridized carbons (Fsp3) is 0.242. The van der Waals surface area contributed by atoms with Crippen molar-refractivity contribution in [2.24, 2.45) is 5.92 Å². The molecule has 2 aliphatic rings. The number of benzene rings is 4. The second-order valence-corrected chi connectivity index (χ2v) is 15.2. The van der Waals surface area contributed by atoms with Crippen LogP contribution in [0.4, 0.5) is 0 Å². The van der Waals surface area contributed by atoms with E-state index in [-0.39, 0.29) is 40.0 Å². The summed E-state index contributed by atoms with van der Waals surface area (Å²) in [6.45, 7) is 1.72. The van der Waals surface area contributed by atoms with E-state index in [1.165, 1.54) is 20.7 Å². The highest BCUT2D eigenvalue weighted by molar-refractivity contribution is 7.89. The van der Waals surface area contributed by atoms with Crippen LogP contribution in [0.25, 0.3) is 0 Å². The predicted molar refractivity (Wildman–Crippen MR) is 165 cm³/mol. The molecule has 4 atom stereocenters. The molecule has 0 spiro atoms. The predicted octanol–water partition coefficient (Wildman–Crippen LogP) is 6.17. The van der Waals surface area contributed by atoms with Gasteiger partial charge in [0.15, 0.2) is 0 Å². The number of aryl methyl sites for hydroxylation is 1. The number of rotatable bonds is 6. The molecule has 7 nitrogen and oxygen atoms in total. The molecule has 0 N–H and O–H groups in total. The van der Waals surface area contributed by atoms with Crippen molar-refractivity contribution in [3.8, 4) is 0 Å². The van der Waals surface area contributed by atoms with Gasteiger partial charge in [-0.1, -0.05) is 102 Å². The van der Waals surface area contributed by atoms with Gasteiger partial charge in [-0.3, -0.25) is 4.79 Å². The summed E-state index contributed by atoms with van der Waals surface area (Å²) in [5, 5.41) is 0.0825. The number of fused-ring (bicyclic) bond motifs is 1. The smallest absolute Gasteiger partial charge is 0.245 e. The lowest BCUT2D eigenvalue weighted by molar-refractivity contribution is -0.132. The van der Waals surface area contributed by atoms with Crippen LogP contribution in [0.3, 0.4) is 0 Å². The molecular formula is C33H31ClN2O5S2. The molecule has 222 valence electrons. The van der Waals surface area contributed by atoms with Crippen molar-refractivity contribution in [3.05, 3.63) is 131 Å². The number of ketones is 1. The molecule has 4 aromatic carbocycles. The topological polar surface area (TPSA) is 91.8 Å². The number of Topliss-reactive ketones (excluding diaryl/α,β-unsaturated/α-hetero) is 1. The Bertz CT molecular complexity index is 1850. The van der Waals surface area contributed by atoms with E-state index in [1.54, 1.807) is 36.4 Å². The van der Waals surface area contributed by atoms with Crippen molar-refractivity contribution in [2.75, 3.05) is 6.54 Å². The molecule has 0 saturated carbocycles. The molecular weight excluding hydrogens is 604 g/mol. The molecule has 2 fully saturated rings. The van der Waals surface area contributed by atoms with E-state index < -0.39 is 44.1 Å². The molecule has 0 radical (unpaired) electrons. The fourth-order valence-corrected chi connectivity index (χ4v) is 10.3. The average Bonchev–Trinajstić information content (AvgIpc) is 3.01. The van der Waals surface area contributed by atoms with Crippen LogP contribution in [0.5, 0.6) is 0 Å². The molecule has 10 heteroatoms. The lowest BCUT2D eigenvalue weighted by Gasteiger charge is -2.51. The lowest BCUT2D eigenvalue weighted by atomic mass is 9.77. The Morgan fingerprint density at radius 1 is 0.698 bits per heavy atom.